The molecule has 0 aromatic heterocycles. The predicted molar refractivity (Wildman–Crippen MR) is 238 cm³/mol. The second-order valence-corrected chi connectivity index (χ2v) is 16.3. The van der Waals surface area contributed by atoms with Crippen LogP contribution in [-0.2, 0) is 0 Å². The van der Waals surface area contributed by atoms with Crippen LogP contribution in [0.5, 0.6) is 63.2 Å². The van der Waals surface area contributed by atoms with E-state index in [-0.39, 0.29) is 77.4 Å². The molecule has 8 aromatic rings. The highest BCUT2D eigenvalue weighted by Crippen LogP contribution is 2.63. The number of benzene rings is 8. The number of aryl methyl sites for hydroxylation is 5. The Morgan fingerprint density at radius 1 is 0.213 bits per heavy atom. The minimum atomic E-state index is -1.09. The summed E-state index contributed by atoms with van der Waals surface area (Å²) in [5.74, 6) is -8.05. The highest BCUT2D eigenvalue weighted by molar-refractivity contribution is 6.31. The first-order chi connectivity index (χ1) is 28.6. The van der Waals surface area contributed by atoms with E-state index in [1.54, 1.807) is 79.7 Å². The highest BCUT2D eigenvalue weighted by atomic mass is 16.4. The fraction of sp³-hybridized carbons (Fsp3) is 0.200. The van der Waals surface area contributed by atoms with Gasteiger partial charge in [-0.3, -0.25) is 0 Å². The van der Waals surface area contributed by atoms with E-state index in [1.807, 2.05) is 19.9 Å². The second kappa shape index (κ2) is 13.3. The average Bonchev–Trinajstić information content (AvgIpc) is 3.24. The van der Waals surface area contributed by atoms with Gasteiger partial charge >= 0.3 is 0 Å². The van der Waals surface area contributed by atoms with E-state index in [2.05, 4.69) is 0 Å². The molecule has 0 heterocycles. The van der Waals surface area contributed by atoms with Gasteiger partial charge in [0, 0.05) is 54.6 Å². The van der Waals surface area contributed by atoms with E-state index in [4.69, 9.17) is 0 Å². The fourth-order valence-electron chi connectivity index (χ4n) is 9.75. The van der Waals surface area contributed by atoms with Gasteiger partial charge in [0.1, 0.15) is 17.2 Å². The zero-order valence-electron chi connectivity index (χ0n) is 35.3. The van der Waals surface area contributed by atoms with Gasteiger partial charge in [-0.05, 0) is 147 Å². The molecule has 0 aliphatic rings. The van der Waals surface area contributed by atoms with E-state index in [1.165, 1.54) is 0 Å². The van der Waals surface area contributed by atoms with Gasteiger partial charge in [-0.15, -0.1) is 0 Å². The molecule has 8 rings (SSSR count). The zero-order valence-corrected chi connectivity index (χ0v) is 35.3. The molecule has 0 radical (unpaired) electrons. The van der Waals surface area contributed by atoms with E-state index in [0.29, 0.717) is 72.0 Å². The van der Waals surface area contributed by atoms with Gasteiger partial charge in [-0.25, -0.2) is 0 Å². The first kappa shape index (κ1) is 40.4. The first-order valence-corrected chi connectivity index (χ1v) is 19.6. The molecule has 0 aliphatic heterocycles. The van der Waals surface area contributed by atoms with Crippen molar-refractivity contribution < 1.29 is 56.2 Å². The number of hydrogen-bond donors (Lipinski definition) is 11. The molecule has 0 bridgehead atoms. The third-order valence-corrected chi connectivity index (χ3v) is 13.6. The van der Waals surface area contributed by atoms with Gasteiger partial charge in [0.05, 0.1) is 0 Å². The standard InChI is InChI=1S/C50H46O11/c1-16-18(3)28(37-34(19(16)4)43(54)47(58)48(59)44(37)55)35-29-24(9)27(26-14-12-11-13-15-26)41(52)25(10)30(29)36(39-38(35)45(56)49(60)50(61)46(39)57)33-22(7)21(6)31-32(42(33)53)20(5)17(2)23(8)40(31)51/h11-15,51-61H,1-10H3. The maximum atomic E-state index is 12.7. The lowest BCUT2D eigenvalue weighted by atomic mass is 9.75. The lowest BCUT2D eigenvalue weighted by Crippen LogP contribution is -2.03. The Balaban J connectivity index is 1.83. The van der Waals surface area contributed by atoms with Crippen LogP contribution < -0.4 is 0 Å². The smallest absolute Gasteiger partial charge is 0.204 e. The molecule has 8 aromatic carbocycles. The summed E-state index contributed by atoms with van der Waals surface area (Å²) in [5, 5.41) is 130. The Morgan fingerprint density at radius 2 is 0.574 bits per heavy atom. The van der Waals surface area contributed by atoms with E-state index in [0.717, 1.165) is 0 Å². The van der Waals surface area contributed by atoms with Crippen molar-refractivity contribution in [1.29, 1.82) is 0 Å². The molecule has 0 unspecified atom stereocenters. The van der Waals surface area contributed by atoms with Gasteiger partial charge < -0.3 is 56.2 Å². The van der Waals surface area contributed by atoms with Crippen molar-refractivity contribution in [1.82, 2.24) is 0 Å². The van der Waals surface area contributed by atoms with Crippen molar-refractivity contribution in [3.05, 3.63) is 86.0 Å². The minimum Gasteiger partial charge on any atom is -0.507 e. The van der Waals surface area contributed by atoms with Crippen molar-refractivity contribution >= 4 is 43.1 Å². The molecule has 61 heavy (non-hydrogen) atoms. The van der Waals surface area contributed by atoms with Crippen LogP contribution in [0.1, 0.15) is 55.6 Å². The molecular formula is C50H46O11. The normalized spacial score (nSPS) is 11.8. The SMILES string of the molecule is Cc1c(-c2c3c(C)c(O)c(-c4ccccc4)c(C)c3c(-c3c(C)c(C)c(C)c4c(O)c(O)c(O)c(O)c34)c3c(O)c(O)c(O)c(O)c23)c(O)c2c(C)c(C)c(C)c(O)c2c1C. The van der Waals surface area contributed by atoms with Crippen LogP contribution in [0.15, 0.2) is 30.3 Å². The molecule has 0 amide bonds. The molecule has 0 atom stereocenters. The van der Waals surface area contributed by atoms with E-state index >= 15 is 0 Å². The maximum absolute atomic E-state index is 12.7. The third-order valence-electron chi connectivity index (χ3n) is 13.6. The summed E-state index contributed by atoms with van der Waals surface area (Å²) in [6, 6.07) is 9.00. The van der Waals surface area contributed by atoms with Crippen LogP contribution in [0.4, 0.5) is 0 Å². The van der Waals surface area contributed by atoms with Crippen LogP contribution >= 0.6 is 0 Å². The number of phenolic OH excluding ortho intramolecular Hbond substituents is 11. The monoisotopic (exact) mass is 822 g/mol. The lowest BCUT2D eigenvalue weighted by molar-refractivity contribution is 0.350. The Kier molecular flexibility index (Phi) is 8.81. The van der Waals surface area contributed by atoms with E-state index < -0.39 is 46.0 Å². The Hall–Kier alpha value is -7.40. The second-order valence-electron chi connectivity index (χ2n) is 16.3. The first-order valence-electron chi connectivity index (χ1n) is 19.6. The topological polar surface area (TPSA) is 223 Å². The van der Waals surface area contributed by atoms with Crippen LogP contribution in [0.25, 0.3) is 76.5 Å². The van der Waals surface area contributed by atoms with Crippen LogP contribution in [0, 0.1) is 69.2 Å². The molecule has 11 heteroatoms. The Bertz CT molecular complexity index is 3340. The van der Waals surface area contributed by atoms with Crippen LogP contribution in [0.3, 0.4) is 0 Å². The summed E-state index contributed by atoms with van der Waals surface area (Å²) in [5.41, 5.74) is 6.34. The van der Waals surface area contributed by atoms with Crippen LogP contribution in [-0.4, -0.2) is 56.2 Å². The third kappa shape index (κ3) is 4.97. The lowest BCUT2D eigenvalue weighted by Gasteiger charge is -2.29. The largest absolute Gasteiger partial charge is 0.507 e. The number of rotatable bonds is 3. The van der Waals surface area contributed by atoms with Gasteiger partial charge in [-0.1, -0.05) is 30.3 Å². The Morgan fingerprint density at radius 3 is 1.08 bits per heavy atom. The van der Waals surface area contributed by atoms with Gasteiger partial charge in [0.15, 0.2) is 23.0 Å². The van der Waals surface area contributed by atoms with Gasteiger partial charge in [0.25, 0.3) is 0 Å². The summed E-state index contributed by atoms with van der Waals surface area (Å²) < 4.78 is 0. The van der Waals surface area contributed by atoms with Crippen molar-refractivity contribution in [3.8, 4) is 96.6 Å². The molecule has 0 aliphatic carbocycles. The maximum Gasteiger partial charge on any atom is 0.204 e. The van der Waals surface area contributed by atoms with Crippen molar-refractivity contribution in [3.63, 3.8) is 0 Å². The fourth-order valence-corrected chi connectivity index (χ4v) is 9.75. The van der Waals surface area contributed by atoms with E-state index in [9.17, 15) is 56.2 Å². The Labute approximate surface area is 350 Å². The summed E-state index contributed by atoms with van der Waals surface area (Å²) in [6.45, 7) is 17.4. The quantitative estimate of drug-likeness (QED) is 0.0457. The molecule has 11 N–H and O–H groups in total. The number of fused-ring (bicyclic) bond motifs is 4. The molecule has 0 fully saturated rings. The zero-order chi connectivity index (χ0) is 44.7. The summed E-state index contributed by atoms with van der Waals surface area (Å²) in [6.07, 6.45) is 0. The molecular weight excluding hydrogens is 777 g/mol. The number of phenols is 11. The summed E-state index contributed by atoms with van der Waals surface area (Å²) in [4.78, 5) is 0. The summed E-state index contributed by atoms with van der Waals surface area (Å²) >= 11 is 0. The van der Waals surface area contributed by atoms with Crippen molar-refractivity contribution in [2.45, 2.75) is 69.2 Å². The number of aromatic hydroxyl groups is 11. The highest BCUT2D eigenvalue weighted by Gasteiger charge is 2.36. The van der Waals surface area contributed by atoms with Gasteiger partial charge in [0.2, 0.25) is 23.0 Å². The van der Waals surface area contributed by atoms with Crippen molar-refractivity contribution in [2.24, 2.45) is 0 Å². The predicted octanol–water partition coefficient (Wildman–Crippen LogP) is 11.1. The molecule has 11 nitrogen and oxygen atoms in total. The van der Waals surface area contributed by atoms with Crippen LogP contribution in [0.2, 0.25) is 0 Å². The molecule has 0 saturated heterocycles. The number of hydrogen-bond acceptors (Lipinski definition) is 11. The molecule has 0 saturated carbocycles. The summed E-state index contributed by atoms with van der Waals surface area (Å²) in [7, 11) is 0. The minimum absolute atomic E-state index is 0.0275. The molecule has 0 spiro atoms. The molecule has 312 valence electrons. The average molecular weight is 823 g/mol. The van der Waals surface area contributed by atoms with Crippen molar-refractivity contribution in [2.75, 3.05) is 0 Å². The van der Waals surface area contributed by atoms with Gasteiger partial charge in [-0.2, -0.15) is 0 Å².